The number of rotatable bonds is 3. The Balaban J connectivity index is 1.54. The molecule has 0 aromatic heterocycles. The van der Waals surface area contributed by atoms with Gasteiger partial charge in [-0.05, 0) is 39.8 Å². The molecule has 5 atom stereocenters. The summed E-state index contributed by atoms with van der Waals surface area (Å²) in [5, 5.41) is 13.5. The number of nitro groups is 1. The highest BCUT2D eigenvalue weighted by molar-refractivity contribution is 5.95. The standard InChI is InChI=1S/C18H22N2O8/c1-17(2)25-11-12(26-17)14-16(28-18(3,4)27-14)24-13(11)15(21)19-9-5-7-10(8-6-9)20(22)23/h5-8,11-14,16H,1-4H3,(H,19,21)/t11-,12+,13-,14-,16+/m1/s1. The van der Waals surface area contributed by atoms with Crippen molar-refractivity contribution in [3.05, 3.63) is 34.4 Å². The lowest BCUT2D eigenvalue weighted by atomic mass is 9.98. The monoisotopic (exact) mass is 394 g/mol. The molecule has 3 aliphatic heterocycles. The number of nitro benzene ring substituents is 1. The number of amides is 1. The zero-order valence-corrected chi connectivity index (χ0v) is 15.9. The lowest BCUT2D eigenvalue weighted by molar-refractivity contribution is -0.384. The molecule has 1 aromatic carbocycles. The van der Waals surface area contributed by atoms with Gasteiger partial charge in [0.25, 0.3) is 11.6 Å². The quantitative estimate of drug-likeness (QED) is 0.610. The largest absolute Gasteiger partial charge is 0.342 e. The first-order valence-corrected chi connectivity index (χ1v) is 8.97. The maximum Gasteiger partial charge on any atom is 0.269 e. The number of nitrogens with one attached hydrogen (secondary N) is 1. The van der Waals surface area contributed by atoms with Crippen molar-refractivity contribution in [3.8, 4) is 0 Å². The van der Waals surface area contributed by atoms with Gasteiger partial charge < -0.3 is 29.0 Å². The summed E-state index contributed by atoms with van der Waals surface area (Å²) in [6.07, 6.45) is -3.53. The van der Waals surface area contributed by atoms with Crippen LogP contribution in [0.3, 0.4) is 0 Å². The summed E-state index contributed by atoms with van der Waals surface area (Å²) in [5.41, 5.74) is 0.336. The summed E-state index contributed by atoms with van der Waals surface area (Å²) in [6, 6.07) is 5.52. The van der Waals surface area contributed by atoms with E-state index < -0.39 is 53.1 Å². The molecule has 4 rings (SSSR count). The van der Waals surface area contributed by atoms with E-state index in [1.54, 1.807) is 27.7 Å². The van der Waals surface area contributed by atoms with Gasteiger partial charge in [0.1, 0.15) is 18.3 Å². The van der Waals surface area contributed by atoms with Gasteiger partial charge in [-0.25, -0.2) is 0 Å². The Kier molecular flexibility index (Phi) is 4.43. The first-order valence-electron chi connectivity index (χ1n) is 8.97. The van der Waals surface area contributed by atoms with Crippen molar-refractivity contribution in [3.63, 3.8) is 0 Å². The van der Waals surface area contributed by atoms with Gasteiger partial charge in [-0.1, -0.05) is 0 Å². The first-order chi connectivity index (χ1) is 13.0. The summed E-state index contributed by atoms with van der Waals surface area (Å²) >= 11 is 0. The van der Waals surface area contributed by atoms with E-state index >= 15 is 0 Å². The third-order valence-corrected chi connectivity index (χ3v) is 4.76. The first kappa shape index (κ1) is 19.2. The fourth-order valence-electron chi connectivity index (χ4n) is 3.70. The van der Waals surface area contributed by atoms with Crippen molar-refractivity contribution in [1.82, 2.24) is 0 Å². The second-order valence-electron chi connectivity index (χ2n) is 7.88. The van der Waals surface area contributed by atoms with Crippen LogP contribution in [0.5, 0.6) is 0 Å². The Hall–Kier alpha value is -2.11. The van der Waals surface area contributed by atoms with Crippen LogP contribution in [-0.2, 0) is 28.5 Å². The third-order valence-electron chi connectivity index (χ3n) is 4.76. The van der Waals surface area contributed by atoms with Gasteiger partial charge >= 0.3 is 0 Å². The highest BCUT2D eigenvalue weighted by Crippen LogP contribution is 2.44. The molecule has 3 heterocycles. The molecule has 1 amide bonds. The highest BCUT2D eigenvalue weighted by Gasteiger charge is 2.62. The molecule has 10 nitrogen and oxygen atoms in total. The Bertz CT molecular complexity index is 793. The van der Waals surface area contributed by atoms with Crippen molar-refractivity contribution >= 4 is 17.3 Å². The number of carbonyl (C=O) groups is 1. The van der Waals surface area contributed by atoms with Crippen molar-refractivity contribution in [1.29, 1.82) is 0 Å². The molecule has 0 bridgehead atoms. The molecule has 1 N–H and O–H groups in total. The van der Waals surface area contributed by atoms with Gasteiger partial charge in [0.15, 0.2) is 24.0 Å². The molecule has 28 heavy (non-hydrogen) atoms. The molecule has 1 aromatic rings. The van der Waals surface area contributed by atoms with E-state index in [0.717, 1.165) is 0 Å². The SMILES string of the molecule is CC1(C)O[C@H]2[C@@H](O1)[C@H](C(=O)Nc1ccc([N+](=O)[O-])cc1)O[C@H]1OC(C)(C)O[C@@H]12. The topological polar surface area (TPSA) is 118 Å². The van der Waals surface area contributed by atoms with Crippen molar-refractivity contribution in [2.24, 2.45) is 0 Å². The second-order valence-corrected chi connectivity index (χ2v) is 7.88. The maximum absolute atomic E-state index is 12.9. The summed E-state index contributed by atoms with van der Waals surface area (Å²) in [7, 11) is 0. The van der Waals surface area contributed by atoms with Gasteiger partial charge in [-0.2, -0.15) is 0 Å². The predicted molar refractivity (Wildman–Crippen MR) is 94.2 cm³/mol. The molecule has 3 aliphatic rings. The highest BCUT2D eigenvalue weighted by atomic mass is 16.9. The average Bonchev–Trinajstić information content (AvgIpc) is 3.08. The van der Waals surface area contributed by atoms with E-state index in [0.29, 0.717) is 5.69 Å². The molecule has 0 saturated carbocycles. The lowest BCUT2D eigenvalue weighted by Crippen LogP contribution is -2.58. The van der Waals surface area contributed by atoms with E-state index in [-0.39, 0.29) is 5.69 Å². The molecule has 3 saturated heterocycles. The minimum Gasteiger partial charge on any atom is -0.342 e. The number of carbonyl (C=O) groups excluding carboxylic acids is 1. The zero-order chi connectivity index (χ0) is 20.3. The van der Waals surface area contributed by atoms with Crippen LogP contribution < -0.4 is 5.32 Å². The van der Waals surface area contributed by atoms with Crippen LogP contribution in [0.2, 0.25) is 0 Å². The normalized spacial score (nSPS) is 35.1. The Morgan fingerprint density at radius 3 is 2.18 bits per heavy atom. The molecule has 0 spiro atoms. The molecule has 3 fully saturated rings. The van der Waals surface area contributed by atoms with Crippen LogP contribution in [0.4, 0.5) is 11.4 Å². The molecule has 0 radical (unpaired) electrons. The summed E-state index contributed by atoms with van der Waals surface area (Å²) < 4.78 is 29.4. The minimum absolute atomic E-state index is 0.0668. The smallest absolute Gasteiger partial charge is 0.269 e. The molecule has 152 valence electrons. The number of hydrogen-bond acceptors (Lipinski definition) is 8. The number of fused-ring (bicyclic) bond motifs is 3. The van der Waals surface area contributed by atoms with Crippen LogP contribution >= 0.6 is 0 Å². The zero-order valence-electron chi connectivity index (χ0n) is 15.9. The molecular formula is C18H22N2O8. The number of ether oxygens (including phenoxy) is 5. The Morgan fingerprint density at radius 1 is 0.964 bits per heavy atom. The van der Waals surface area contributed by atoms with Crippen molar-refractivity contribution in [2.45, 2.75) is 70.0 Å². The van der Waals surface area contributed by atoms with E-state index in [1.165, 1.54) is 24.3 Å². The summed E-state index contributed by atoms with van der Waals surface area (Å²) in [5.74, 6) is -2.24. The molecule has 10 heteroatoms. The predicted octanol–water partition coefficient (Wildman–Crippen LogP) is 1.93. The van der Waals surface area contributed by atoms with Crippen LogP contribution in [-0.4, -0.2) is 53.1 Å². The number of non-ortho nitro benzene ring substituents is 1. The van der Waals surface area contributed by atoms with Crippen molar-refractivity contribution < 1.29 is 33.4 Å². The van der Waals surface area contributed by atoms with Crippen LogP contribution in [0.1, 0.15) is 27.7 Å². The number of nitrogens with zero attached hydrogens (tertiary/aromatic N) is 1. The molecule has 0 unspecified atom stereocenters. The fourth-order valence-corrected chi connectivity index (χ4v) is 3.70. The van der Waals surface area contributed by atoms with Gasteiger partial charge in [-0.15, -0.1) is 0 Å². The van der Waals surface area contributed by atoms with Gasteiger partial charge in [0.05, 0.1) is 4.92 Å². The van der Waals surface area contributed by atoms with E-state index in [4.69, 9.17) is 23.7 Å². The van der Waals surface area contributed by atoms with E-state index in [9.17, 15) is 14.9 Å². The second kappa shape index (κ2) is 6.46. The Morgan fingerprint density at radius 2 is 1.54 bits per heavy atom. The minimum atomic E-state index is -0.999. The lowest BCUT2D eigenvalue weighted by Gasteiger charge is -2.36. The number of hydrogen-bond donors (Lipinski definition) is 1. The van der Waals surface area contributed by atoms with Crippen molar-refractivity contribution in [2.75, 3.05) is 5.32 Å². The van der Waals surface area contributed by atoms with Crippen LogP contribution in [0, 0.1) is 10.1 Å². The molecule has 0 aliphatic carbocycles. The van der Waals surface area contributed by atoms with E-state index in [1.807, 2.05) is 0 Å². The summed E-state index contributed by atoms with van der Waals surface area (Å²) in [6.45, 7) is 7.03. The van der Waals surface area contributed by atoms with E-state index in [2.05, 4.69) is 5.32 Å². The molecular weight excluding hydrogens is 372 g/mol. The van der Waals surface area contributed by atoms with Gasteiger partial charge in [0, 0.05) is 17.8 Å². The Labute approximate surface area is 161 Å². The average molecular weight is 394 g/mol. The number of anilines is 1. The van der Waals surface area contributed by atoms with Gasteiger partial charge in [0.2, 0.25) is 0 Å². The maximum atomic E-state index is 12.9. The van der Waals surface area contributed by atoms with Crippen LogP contribution in [0.25, 0.3) is 0 Å². The fraction of sp³-hybridized carbons (Fsp3) is 0.611. The van der Waals surface area contributed by atoms with Gasteiger partial charge in [-0.3, -0.25) is 14.9 Å². The summed E-state index contributed by atoms with van der Waals surface area (Å²) in [4.78, 5) is 23.1. The van der Waals surface area contributed by atoms with Crippen LogP contribution in [0.15, 0.2) is 24.3 Å². The third kappa shape index (κ3) is 3.49. The number of benzene rings is 1.